The number of alkyl halides is 1. The van der Waals surface area contributed by atoms with Gasteiger partial charge in [0.1, 0.15) is 17.5 Å². The molecule has 1 heterocycles. The molecule has 6 heteroatoms. The number of amides is 1. The van der Waals surface area contributed by atoms with Crippen LogP contribution in [0.25, 0.3) is 0 Å². The highest BCUT2D eigenvalue weighted by atomic mass is 35.5. The fourth-order valence-corrected chi connectivity index (χ4v) is 2.28. The lowest BCUT2D eigenvalue weighted by Crippen LogP contribution is -2.49. The fraction of sp³-hybridized carbons (Fsp3) is 0.333. The van der Waals surface area contributed by atoms with E-state index in [1.807, 2.05) is 0 Å². The van der Waals surface area contributed by atoms with Gasteiger partial charge < -0.3 is 11.1 Å². The van der Waals surface area contributed by atoms with Gasteiger partial charge in [0, 0.05) is 6.42 Å². The van der Waals surface area contributed by atoms with Gasteiger partial charge in [-0.15, -0.1) is 0 Å². The molecule has 18 heavy (non-hydrogen) atoms. The molecule has 0 bridgehead atoms. The molecule has 1 aromatic carbocycles. The Morgan fingerprint density at radius 3 is 2.94 bits per heavy atom. The Hall–Kier alpha value is -1.20. The average Bonchev–Trinajstić information content (AvgIpc) is 2.66. The Labute approximate surface area is 108 Å². The molecule has 2 atom stereocenters. The van der Waals surface area contributed by atoms with Crippen LogP contribution in [0.15, 0.2) is 18.2 Å². The predicted molar refractivity (Wildman–Crippen MR) is 64.3 cm³/mol. The second-order valence-electron chi connectivity index (χ2n) is 4.28. The highest BCUT2D eigenvalue weighted by molar-refractivity contribution is 6.30. The van der Waals surface area contributed by atoms with E-state index >= 15 is 0 Å². The molecular formula is C12H12ClF2N2O. The van der Waals surface area contributed by atoms with Crippen molar-refractivity contribution in [3.05, 3.63) is 41.0 Å². The number of carbonyl (C=O) groups is 1. The Kier molecular flexibility index (Phi) is 3.54. The Morgan fingerprint density at radius 2 is 2.33 bits per heavy atom. The van der Waals surface area contributed by atoms with Gasteiger partial charge in [-0.25, -0.2) is 8.78 Å². The fourth-order valence-electron chi connectivity index (χ4n) is 2.09. The number of halogens is 3. The van der Waals surface area contributed by atoms with E-state index in [9.17, 15) is 13.6 Å². The smallest absolute Gasteiger partial charge is 0.237 e. The molecule has 2 unspecified atom stereocenters. The van der Waals surface area contributed by atoms with Crippen LogP contribution in [0.1, 0.15) is 12.0 Å². The third kappa shape index (κ3) is 2.47. The Morgan fingerprint density at radius 1 is 1.61 bits per heavy atom. The number of hydrogen-bond donors (Lipinski definition) is 2. The SMILES string of the molecule is NC(=O)C1NCCC1(F)[CH]c1ccc(F)c(Cl)c1. The zero-order valence-corrected chi connectivity index (χ0v) is 10.2. The van der Waals surface area contributed by atoms with Gasteiger partial charge in [0.2, 0.25) is 5.91 Å². The van der Waals surface area contributed by atoms with Crippen molar-refractivity contribution in [1.82, 2.24) is 5.32 Å². The van der Waals surface area contributed by atoms with Gasteiger partial charge in [-0.2, -0.15) is 0 Å². The van der Waals surface area contributed by atoms with Crippen molar-refractivity contribution in [1.29, 1.82) is 0 Å². The molecule has 1 aromatic rings. The standard InChI is InChI=1S/C12H12ClF2N2O/c13-8-5-7(1-2-9(8)14)6-12(15)3-4-17-10(12)11(16)18/h1-2,5-6,10,17H,3-4H2,(H2,16,18). The molecule has 1 radical (unpaired) electrons. The summed E-state index contributed by atoms with van der Waals surface area (Å²) in [7, 11) is 0. The number of nitrogens with one attached hydrogen (secondary N) is 1. The number of nitrogens with two attached hydrogens (primary N) is 1. The van der Waals surface area contributed by atoms with Crippen LogP contribution in [0.4, 0.5) is 8.78 Å². The summed E-state index contributed by atoms with van der Waals surface area (Å²) in [5.41, 5.74) is 3.68. The largest absolute Gasteiger partial charge is 0.368 e. The lowest BCUT2D eigenvalue weighted by molar-refractivity contribution is -0.121. The van der Waals surface area contributed by atoms with Crippen LogP contribution in [0.2, 0.25) is 5.02 Å². The van der Waals surface area contributed by atoms with E-state index in [0.29, 0.717) is 12.1 Å². The first kappa shape index (κ1) is 13.2. The average molecular weight is 274 g/mol. The van der Waals surface area contributed by atoms with E-state index in [0.717, 1.165) is 6.07 Å². The van der Waals surface area contributed by atoms with E-state index in [4.69, 9.17) is 17.3 Å². The maximum absolute atomic E-state index is 14.6. The molecule has 0 aromatic heterocycles. The number of rotatable bonds is 3. The predicted octanol–water partition coefficient (Wildman–Crippen LogP) is 1.59. The van der Waals surface area contributed by atoms with Crippen LogP contribution in [0, 0.1) is 12.2 Å². The molecule has 0 aliphatic carbocycles. The Balaban J connectivity index is 2.21. The minimum Gasteiger partial charge on any atom is -0.368 e. The van der Waals surface area contributed by atoms with Gasteiger partial charge >= 0.3 is 0 Å². The van der Waals surface area contributed by atoms with Crippen molar-refractivity contribution in [2.45, 2.75) is 18.1 Å². The van der Waals surface area contributed by atoms with Crippen LogP contribution in [-0.4, -0.2) is 24.2 Å². The summed E-state index contributed by atoms with van der Waals surface area (Å²) in [4.78, 5) is 11.1. The molecule has 1 amide bonds. The van der Waals surface area contributed by atoms with E-state index in [-0.39, 0.29) is 11.4 Å². The van der Waals surface area contributed by atoms with Gasteiger partial charge in [-0.05, 0) is 30.7 Å². The third-order valence-corrected chi connectivity index (χ3v) is 3.26. The summed E-state index contributed by atoms with van der Waals surface area (Å²) < 4.78 is 27.6. The van der Waals surface area contributed by atoms with Crippen LogP contribution in [0.5, 0.6) is 0 Å². The normalized spacial score (nSPS) is 27.4. The van der Waals surface area contributed by atoms with E-state index in [1.54, 1.807) is 0 Å². The minimum absolute atomic E-state index is 0.0890. The lowest BCUT2D eigenvalue weighted by Gasteiger charge is -2.24. The lowest BCUT2D eigenvalue weighted by atomic mass is 9.89. The topological polar surface area (TPSA) is 55.1 Å². The zero-order valence-electron chi connectivity index (χ0n) is 9.42. The van der Waals surface area contributed by atoms with Gasteiger partial charge in [0.05, 0.1) is 5.02 Å². The van der Waals surface area contributed by atoms with Gasteiger partial charge in [-0.1, -0.05) is 17.7 Å². The van der Waals surface area contributed by atoms with Crippen molar-refractivity contribution < 1.29 is 13.6 Å². The minimum atomic E-state index is -1.87. The second-order valence-corrected chi connectivity index (χ2v) is 4.69. The van der Waals surface area contributed by atoms with Crippen LogP contribution in [-0.2, 0) is 4.79 Å². The second kappa shape index (κ2) is 4.82. The van der Waals surface area contributed by atoms with Gasteiger partial charge in [0.25, 0.3) is 0 Å². The Bertz CT molecular complexity index is 483. The summed E-state index contributed by atoms with van der Waals surface area (Å²) >= 11 is 5.62. The van der Waals surface area contributed by atoms with Crippen molar-refractivity contribution >= 4 is 17.5 Å². The monoisotopic (exact) mass is 273 g/mol. The third-order valence-electron chi connectivity index (χ3n) is 2.97. The maximum Gasteiger partial charge on any atom is 0.237 e. The number of benzene rings is 1. The van der Waals surface area contributed by atoms with Crippen LogP contribution >= 0.6 is 11.6 Å². The molecule has 0 spiro atoms. The van der Waals surface area contributed by atoms with Crippen molar-refractivity contribution in [2.24, 2.45) is 5.73 Å². The van der Waals surface area contributed by atoms with E-state index in [2.05, 4.69) is 5.32 Å². The quantitative estimate of drug-likeness (QED) is 0.879. The summed E-state index contributed by atoms with van der Waals surface area (Å²) in [6.07, 6.45) is 1.39. The summed E-state index contributed by atoms with van der Waals surface area (Å²) in [5, 5.41) is 2.62. The van der Waals surface area contributed by atoms with Gasteiger partial charge in [0.15, 0.2) is 0 Å². The molecule has 1 aliphatic heterocycles. The highest BCUT2D eigenvalue weighted by Crippen LogP contribution is 2.32. The summed E-state index contributed by atoms with van der Waals surface area (Å²) in [6, 6.07) is 2.80. The molecule has 3 nitrogen and oxygen atoms in total. The molecule has 0 saturated carbocycles. The number of carbonyl (C=O) groups excluding carboxylic acids is 1. The van der Waals surface area contributed by atoms with Crippen molar-refractivity contribution in [2.75, 3.05) is 6.54 Å². The van der Waals surface area contributed by atoms with Gasteiger partial charge in [-0.3, -0.25) is 4.79 Å². The highest BCUT2D eigenvalue weighted by Gasteiger charge is 2.46. The molecule has 1 fully saturated rings. The first-order valence-electron chi connectivity index (χ1n) is 5.45. The molecule has 3 N–H and O–H groups in total. The maximum atomic E-state index is 14.6. The molecule has 2 rings (SSSR count). The van der Waals surface area contributed by atoms with E-state index in [1.165, 1.54) is 18.6 Å². The summed E-state index contributed by atoms with van der Waals surface area (Å²) in [6.45, 7) is 0.357. The first-order valence-corrected chi connectivity index (χ1v) is 5.83. The van der Waals surface area contributed by atoms with E-state index < -0.39 is 23.4 Å². The molecule has 1 saturated heterocycles. The van der Waals surface area contributed by atoms with Crippen molar-refractivity contribution in [3.63, 3.8) is 0 Å². The summed E-state index contributed by atoms with van der Waals surface area (Å²) in [5.74, 6) is -1.32. The first-order chi connectivity index (χ1) is 8.42. The van der Waals surface area contributed by atoms with Crippen LogP contribution in [0.3, 0.4) is 0 Å². The zero-order chi connectivity index (χ0) is 13.3. The molecular weight excluding hydrogens is 262 g/mol. The number of hydrogen-bond acceptors (Lipinski definition) is 2. The molecule has 97 valence electrons. The molecule has 1 aliphatic rings. The van der Waals surface area contributed by atoms with Crippen LogP contribution < -0.4 is 11.1 Å². The van der Waals surface area contributed by atoms with Crippen molar-refractivity contribution in [3.8, 4) is 0 Å². The number of primary amides is 1.